The summed E-state index contributed by atoms with van der Waals surface area (Å²) in [4.78, 5) is 0. The summed E-state index contributed by atoms with van der Waals surface area (Å²) in [7, 11) is 0. The summed E-state index contributed by atoms with van der Waals surface area (Å²) in [6.07, 6.45) is 0. The van der Waals surface area contributed by atoms with Gasteiger partial charge >= 0.3 is 0 Å². The van der Waals surface area contributed by atoms with Gasteiger partial charge < -0.3 is 0 Å². The number of benzene rings is 10. The van der Waals surface area contributed by atoms with Crippen LogP contribution in [0.25, 0.3) is 120 Å². The molecule has 0 N–H and O–H groups in total. The van der Waals surface area contributed by atoms with Gasteiger partial charge in [0.1, 0.15) is 0 Å². The predicted octanol–water partition coefficient (Wildman–Crippen LogP) is 14.2. The summed E-state index contributed by atoms with van der Waals surface area (Å²) in [6, 6.07) is 55.9. The van der Waals surface area contributed by atoms with Crippen LogP contribution in [0.3, 0.4) is 0 Å². The third kappa shape index (κ3) is 3.07. The maximum Gasteiger partial charge on any atom is 0.0159 e. The Balaban J connectivity index is 0.968. The fourth-order valence-corrected chi connectivity index (χ4v) is 10.6. The molecule has 0 saturated heterocycles. The molecule has 3 aliphatic rings. The Kier molecular flexibility index (Phi) is 4.55. The van der Waals surface area contributed by atoms with Gasteiger partial charge in [0.25, 0.3) is 0 Å². The lowest BCUT2D eigenvalue weighted by atomic mass is 9.80. The van der Waals surface area contributed by atoms with E-state index in [1.165, 1.54) is 131 Å². The molecule has 0 radical (unpaired) electrons. The Morgan fingerprint density at radius 1 is 0.294 bits per heavy atom. The number of fused-ring (bicyclic) bond motifs is 5. The van der Waals surface area contributed by atoms with E-state index in [0.717, 1.165) is 0 Å². The molecule has 0 saturated carbocycles. The zero-order valence-electron chi connectivity index (χ0n) is 28.4. The van der Waals surface area contributed by atoms with E-state index in [1.807, 2.05) is 0 Å². The van der Waals surface area contributed by atoms with E-state index in [0.29, 0.717) is 0 Å². The highest BCUT2D eigenvalue weighted by molar-refractivity contribution is 6.35. The Labute approximate surface area is 295 Å². The first-order chi connectivity index (χ1) is 25.0. The second-order valence-electron chi connectivity index (χ2n) is 15.6. The van der Waals surface area contributed by atoms with Crippen LogP contribution in [0.4, 0.5) is 0 Å². The number of hydrogen-bond donors (Lipinski definition) is 0. The van der Waals surface area contributed by atoms with Gasteiger partial charge in [-0.2, -0.15) is 0 Å². The predicted molar refractivity (Wildman–Crippen MR) is 218 cm³/mol. The molecule has 51 heavy (non-hydrogen) atoms. The standard InChI is InChI=1S/C51H30/c1-51(2)43-25-31(33-21-23-41-37-7-3-5-27-9-11-29-13-19-39(33)49(41)47(29)45(27)37)15-17-35(43)36-18-16-32(26-44(36)51)34-22-24-42-38-8-4-6-28-10-12-30-14-20-40(34)50(42)48(30)46(28)38/h3-26H,1-2H3. The highest BCUT2D eigenvalue weighted by Crippen LogP contribution is 2.54. The number of rotatable bonds is 2. The molecule has 3 aliphatic carbocycles. The summed E-state index contributed by atoms with van der Waals surface area (Å²) >= 11 is 0. The molecular formula is C51H30. The molecule has 13 rings (SSSR count). The second kappa shape index (κ2) is 8.73. The lowest BCUT2D eigenvalue weighted by Crippen LogP contribution is -2.15. The molecule has 0 aliphatic heterocycles. The Hall–Kier alpha value is -6.24. The zero-order chi connectivity index (χ0) is 33.3. The van der Waals surface area contributed by atoms with Crippen LogP contribution in [-0.2, 0) is 5.41 Å². The maximum absolute atomic E-state index is 2.49. The molecule has 0 spiro atoms. The van der Waals surface area contributed by atoms with Crippen molar-refractivity contribution in [2.24, 2.45) is 0 Å². The van der Waals surface area contributed by atoms with Crippen LogP contribution in [-0.4, -0.2) is 0 Å². The molecular weight excluding hydrogens is 613 g/mol. The summed E-state index contributed by atoms with van der Waals surface area (Å²) in [5, 5.41) is 16.5. The Bertz CT molecular complexity index is 3090. The molecule has 0 nitrogen and oxygen atoms in total. The van der Waals surface area contributed by atoms with Crippen molar-refractivity contribution in [3.05, 3.63) is 157 Å². The van der Waals surface area contributed by atoms with E-state index in [2.05, 4.69) is 159 Å². The van der Waals surface area contributed by atoms with Crippen molar-refractivity contribution in [1.29, 1.82) is 0 Å². The first-order valence-corrected chi connectivity index (χ1v) is 18.2. The molecule has 0 bridgehead atoms. The van der Waals surface area contributed by atoms with Gasteiger partial charge in [0.05, 0.1) is 0 Å². The summed E-state index contributed by atoms with van der Waals surface area (Å²) < 4.78 is 0. The minimum Gasteiger partial charge on any atom is -0.0610 e. The van der Waals surface area contributed by atoms with Crippen molar-refractivity contribution in [1.82, 2.24) is 0 Å². The molecule has 0 atom stereocenters. The van der Waals surface area contributed by atoms with E-state index < -0.39 is 0 Å². The van der Waals surface area contributed by atoms with Crippen LogP contribution in [0.15, 0.2) is 146 Å². The van der Waals surface area contributed by atoms with E-state index in [9.17, 15) is 0 Å². The molecule has 0 heteroatoms. The van der Waals surface area contributed by atoms with Crippen molar-refractivity contribution < 1.29 is 0 Å². The second-order valence-corrected chi connectivity index (χ2v) is 15.6. The monoisotopic (exact) mass is 642 g/mol. The molecule has 234 valence electrons. The summed E-state index contributed by atoms with van der Waals surface area (Å²) in [6.45, 7) is 4.83. The smallest absolute Gasteiger partial charge is 0.0159 e. The molecule has 0 unspecified atom stereocenters. The minimum absolute atomic E-state index is 0.131. The lowest BCUT2D eigenvalue weighted by Gasteiger charge is -2.23. The Morgan fingerprint density at radius 2 is 0.667 bits per heavy atom. The lowest BCUT2D eigenvalue weighted by molar-refractivity contribution is 0.661. The van der Waals surface area contributed by atoms with Crippen LogP contribution in [0, 0.1) is 0 Å². The highest BCUT2D eigenvalue weighted by Gasteiger charge is 2.36. The third-order valence-corrected chi connectivity index (χ3v) is 12.9. The van der Waals surface area contributed by atoms with Gasteiger partial charge in [-0.05, 0) is 144 Å². The highest BCUT2D eigenvalue weighted by atomic mass is 14.4. The average molecular weight is 643 g/mol. The van der Waals surface area contributed by atoms with E-state index in [1.54, 1.807) is 0 Å². The molecule has 0 amide bonds. The van der Waals surface area contributed by atoms with Gasteiger partial charge in [0, 0.05) is 5.41 Å². The molecule has 0 heterocycles. The molecule has 0 aromatic heterocycles. The normalized spacial score (nSPS) is 14.2. The molecule has 10 aromatic rings. The number of hydrogen-bond acceptors (Lipinski definition) is 0. The van der Waals surface area contributed by atoms with Crippen molar-refractivity contribution >= 4 is 64.6 Å². The molecule has 0 fully saturated rings. The van der Waals surface area contributed by atoms with E-state index >= 15 is 0 Å². The third-order valence-electron chi connectivity index (χ3n) is 12.9. The van der Waals surface area contributed by atoms with Gasteiger partial charge in [0.2, 0.25) is 0 Å². The summed E-state index contributed by atoms with van der Waals surface area (Å²) in [5.41, 5.74) is 16.1. The van der Waals surface area contributed by atoms with Crippen LogP contribution < -0.4 is 0 Å². The first-order valence-electron chi connectivity index (χ1n) is 18.2. The van der Waals surface area contributed by atoms with Crippen LogP contribution >= 0.6 is 0 Å². The van der Waals surface area contributed by atoms with Gasteiger partial charge in [-0.25, -0.2) is 0 Å². The fraction of sp³-hybridized carbons (Fsp3) is 0.0588. The largest absolute Gasteiger partial charge is 0.0610 e. The van der Waals surface area contributed by atoms with E-state index in [-0.39, 0.29) is 5.41 Å². The first kappa shape index (κ1) is 26.6. The SMILES string of the molecule is CC1(C)c2cc(-c3ccc4c5c3ccc3ccc6cccc-4c6c35)ccc2-c2ccc(-c3ccc4c5c3ccc3ccc6cccc-4c6c35)cc21. The minimum atomic E-state index is -0.131. The van der Waals surface area contributed by atoms with Crippen molar-refractivity contribution in [2.45, 2.75) is 19.3 Å². The van der Waals surface area contributed by atoms with Crippen molar-refractivity contribution in [2.75, 3.05) is 0 Å². The van der Waals surface area contributed by atoms with Gasteiger partial charge in [0.15, 0.2) is 0 Å². The van der Waals surface area contributed by atoms with Crippen LogP contribution in [0.5, 0.6) is 0 Å². The summed E-state index contributed by atoms with van der Waals surface area (Å²) in [5.74, 6) is 0. The van der Waals surface area contributed by atoms with Gasteiger partial charge in [-0.1, -0.05) is 147 Å². The molecule has 10 aromatic carbocycles. The average Bonchev–Trinajstić information content (AvgIpc) is 3.78. The van der Waals surface area contributed by atoms with Crippen molar-refractivity contribution in [3.8, 4) is 55.6 Å². The van der Waals surface area contributed by atoms with Crippen molar-refractivity contribution in [3.63, 3.8) is 0 Å². The van der Waals surface area contributed by atoms with Gasteiger partial charge in [-0.3, -0.25) is 0 Å². The fourth-order valence-electron chi connectivity index (χ4n) is 10.6. The van der Waals surface area contributed by atoms with E-state index in [4.69, 9.17) is 0 Å². The van der Waals surface area contributed by atoms with Crippen LogP contribution in [0.2, 0.25) is 0 Å². The Morgan fingerprint density at radius 3 is 1.14 bits per heavy atom. The zero-order valence-corrected chi connectivity index (χ0v) is 28.4. The van der Waals surface area contributed by atoms with Gasteiger partial charge in [-0.15, -0.1) is 0 Å². The quantitative estimate of drug-likeness (QED) is 0.165. The topological polar surface area (TPSA) is 0 Å². The van der Waals surface area contributed by atoms with Crippen LogP contribution in [0.1, 0.15) is 25.0 Å². The maximum atomic E-state index is 2.49.